The van der Waals surface area contributed by atoms with Gasteiger partial charge in [0.1, 0.15) is 4.21 Å². The number of aliphatic hydroxyl groups excluding tert-OH is 1. The van der Waals surface area contributed by atoms with Crippen LogP contribution in [0.3, 0.4) is 0 Å². The zero-order chi connectivity index (χ0) is 13.0. The van der Waals surface area contributed by atoms with E-state index in [-0.39, 0.29) is 10.6 Å². The highest BCUT2D eigenvalue weighted by atomic mass is 32.2. The van der Waals surface area contributed by atoms with Crippen molar-refractivity contribution >= 4 is 28.8 Å². The number of nitro groups is 1. The maximum Gasteiger partial charge on any atom is 0.294 e. The molecular weight excluding hydrogens is 258 g/mol. The van der Waals surface area contributed by atoms with Gasteiger partial charge in [0.05, 0.1) is 11.0 Å². The number of thioether (sulfide) groups is 1. The number of rotatable bonds is 6. The van der Waals surface area contributed by atoms with Crippen LogP contribution in [0.5, 0.6) is 0 Å². The van der Waals surface area contributed by atoms with Crippen LogP contribution >= 0.6 is 23.1 Å². The number of thiophene rings is 1. The third-order valence-electron chi connectivity index (χ3n) is 2.50. The Morgan fingerprint density at radius 3 is 2.71 bits per heavy atom. The van der Waals surface area contributed by atoms with Crippen molar-refractivity contribution in [1.29, 1.82) is 0 Å². The molecule has 1 rings (SSSR count). The number of nitrogens with zero attached hydrogens (tertiary/aromatic N) is 1. The van der Waals surface area contributed by atoms with E-state index in [0.717, 1.165) is 12.2 Å². The lowest BCUT2D eigenvalue weighted by Crippen LogP contribution is -1.95. The van der Waals surface area contributed by atoms with Gasteiger partial charge in [-0.25, -0.2) is 0 Å². The van der Waals surface area contributed by atoms with Crippen molar-refractivity contribution in [2.75, 3.05) is 5.75 Å². The van der Waals surface area contributed by atoms with Gasteiger partial charge in [-0.05, 0) is 12.8 Å². The Balaban J connectivity index is 2.85. The molecule has 0 spiro atoms. The number of hydrogen-bond donors (Lipinski definition) is 1. The molecular formula is C11H17NO3S2. The zero-order valence-corrected chi connectivity index (χ0v) is 11.8. The molecule has 1 aromatic heterocycles. The van der Waals surface area contributed by atoms with E-state index < -0.39 is 6.10 Å². The highest BCUT2D eigenvalue weighted by Crippen LogP contribution is 2.40. The lowest BCUT2D eigenvalue weighted by Gasteiger charge is -2.05. The van der Waals surface area contributed by atoms with Gasteiger partial charge in [-0.2, -0.15) is 0 Å². The van der Waals surface area contributed by atoms with E-state index in [9.17, 15) is 15.2 Å². The minimum Gasteiger partial charge on any atom is -0.388 e. The molecule has 96 valence electrons. The fraction of sp³-hybridized carbons (Fsp3) is 0.636. The summed E-state index contributed by atoms with van der Waals surface area (Å²) in [5, 5.41) is 20.3. The van der Waals surface area contributed by atoms with Crippen LogP contribution in [0, 0.1) is 16.0 Å². The second-order valence-electron chi connectivity index (χ2n) is 4.08. The van der Waals surface area contributed by atoms with Crippen molar-refractivity contribution in [1.82, 2.24) is 0 Å². The Kier molecular flexibility index (Phi) is 5.42. The second kappa shape index (κ2) is 6.37. The Morgan fingerprint density at radius 1 is 1.59 bits per heavy atom. The molecule has 17 heavy (non-hydrogen) atoms. The molecule has 0 aromatic carbocycles. The first-order valence-electron chi connectivity index (χ1n) is 5.54. The molecule has 1 aromatic rings. The van der Waals surface area contributed by atoms with Crippen LogP contribution < -0.4 is 0 Å². The van der Waals surface area contributed by atoms with Gasteiger partial charge in [-0.1, -0.05) is 20.3 Å². The molecule has 0 saturated heterocycles. The average Bonchev–Trinajstić information content (AvgIpc) is 2.70. The topological polar surface area (TPSA) is 63.4 Å². The van der Waals surface area contributed by atoms with E-state index in [4.69, 9.17) is 0 Å². The van der Waals surface area contributed by atoms with Crippen molar-refractivity contribution in [3.05, 3.63) is 21.1 Å². The molecule has 2 atom stereocenters. The predicted molar refractivity (Wildman–Crippen MR) is 71.8 cm³/mol. The van der Waals surface area contributed by atoms with Crippen molar-refractivity contribution in [2.24, 2.45) is 5.92 Å². The van der Waals surface area contributed by atoms with Gasteiger partial charge in [-0.3, -0.25) is 10.1 Å². The van der Waals surface area contributed by atoms with E-state index >= 15 is 0 Å². The maximum atomic E-state index is 10.9. The second-order valence-corrected chi connectivity index (χ2v) is 6.45. The lowest BCUT2D eigenvalue weighted by atomic mass is 10.2. The van der Waals surface area contributed by atoms with E-state index in [1.807, 2.05) is 0 Å². The fourth-order valence-electron chi connectivity index (χ4n) is 1.15. The quantitative estimate of drug-likeness (QED) is 0.486. The van der Waals surface area contributed by atoms with Crippen LogP contribution in [0.25, 0.3) is 0 Å². The predicted octanol–water partition coefficient (Wildman–Crippen LogP) is 3.85. The first-order chi connectivity index (χ1) is 7.95. The monoisotopic (exact) mass is 275 g/mol. The molecule has 1 heterocycles. The summed E-state index contributed by atoms with van der Waals surface area (Å²) in [7, 11) is 0. The van der Waals surface area contributed by atoms with E-state index in [0.29, 0.717) is 15.0 Å². The lowest BCUT2D eigenvalue weighted by molar-refractivity contribution is -0.387. The molecule has 2 unspecified atom stereocenters. The summed E-state index contributed by atoms with van der Waals surface area (Å²) >= 11 is 2.83. The Labute approximate surface area is 109 Å². The number of hydrogen-bond acceptors (Lipinski definition) is 5. The summed E-state index contributed by atoms with van der Waals surface area (Å²) in [6.45, 7) is 5.86. The smallest absolute Gasteiger partial charge is 0.294 e. The minimum absolute atomic E-state index is 0.124. The van der Waals surface area contributed by atoms with Gasteiger partial charge in [0.15, 0.2) is 0 Å². The van der Waals surface area contributed by atoms with E-state index in [1.54, 1.807) is 6.92 Å². The number of aliphatic hydroxyl groups is 1. The van der Waals surface area contributed by atoms with Crippen LogP contribution in [0.2, 0.25) is 0 Å². The molecule has 0 radical (unpaired) electrons. The fourth-order valence-corrected chi connectivity index (χ4v) is 3.63. The van der Waals surface area contributed by atoms with Gasteiger partial charge in [-0.15, -0.1) is 23.1 Å². The van der Waals surface area contributed by atoms with E-state index in [2.05, 4.69) is 13.8 Å². The summed E-state index contributed by atoms with van der Waals surface area (Å²) in [4.78, 5) is 11.2. The molecule has 6 heteroatoms. The highest BCUT2D eigenvalue weighted by molar-refractivity contribution is 8.01. The standard InChI is InChI=1S/C11H17NO3S2/c1-4-7(2)6-16-11-9(12(14)15)5-10(17-11)8(3)13/h5,7-8,13H,4,6H2,1-3H3. The first-order valence-corrected chi connectivity index (χ1v) is 7.34. The van der Waals surface area contributed by atoms with Crippen molar-refractivity contribution in [3.63, 3.8) is 0 Å². The molecule has 0 aliphatic carbocycles. The van der Waals surface area contributed by atoms with Crippen LogP contribution in [-0.2, 0) is 0 Å². The third-order valence-corrected chi connectivity index (χ3v) is 5.40. The largest absolute Gasteiger partial charge is 0.388 e. The Hall–Kier alpha value is -0.590. The van der Waals surface area contributed by atoms with E-state index in [1.165, 1.54) is 29.2 Å². The Morgan fingerprint density at radius 2 is 2.24 bits per heavy atom. The van der Waals surface area contributed by atoms with Gasteiger partial charge < -0.3 is 5.11 Å². The van der Waals surface area contributed by atoms with Crippen LogP contribution in [-0.4, -0.2) is 15.8 Å². The van der Waals surface area contributed by atoms with Crippen molar-refractivity contribution < 1.29 is 10.0 Å². The summed E-state index contributed by atoms with van der Waals surface area (Å²) in [5.41, 5.74) is 0.124. The molecule has 1 N–H and O–H groups in total. The summed E-state index contributed by atoms with van der Waals surface area (Å²) < 4.78 is 0.700. The molecule has 0 bridgehead atoms. The maximum absolute atomic E-state index is 10.9. The van der Waals surface area contributed by atoms with Gasteiger partial charge >= 0.3 is 0 Å². The van der Waals surface area contributed by atoms with Gasteiger partial charge in [0.2, 0.25) is 0 Å². The first kappa shape index (κ1) is 14.5. The normalized spacial score (nSPS) is 14.6. The summed E-state index contributed by atoms with van der Waals surface area (Å²) in [5.74, 6) is 1.41. The average molecular weight is 275 g/mol. The molecule has 0 aliphatic rings. The van der Waals surface area contributed by atoms with Crippen LogP contribution in [0.15, 0.2) is 10.3 Å². The van der Waals surface area contributed by atoms with Crippen molar-refractivity contribution in [3.8, 4) is 0 Å². The summed E-state index contributed by atoms with van der Waals surface area (Å²) in [6, 6.07) is 1.48. The SMILES string of the molecule is CCC(C)CSc1sc(C(C)O)cc1[N+](=O)[O-]. The summed E-state index contributed by atoms with van der Waals surface area (Å²) in [6.07, 6.45) is 0.423. The van der Waals surface area contributed by atoms with Gasteiger partial charge in [0, 0.05) is 16.7 Å². The van der Waals surface area contributed by atoms with Crippen molar-refractivity contribution in [2.45, 2.75) is 37.5 Å². The Bertz CT molecular complexity index is 390. The molecule has 0 amide bonds. The molecule has 0 saturated carbocycles. The van der Waals surface area contributed by atoms with Crippen LogP contribution in [0.4, 0.5) is 5.69 Å². The highest BCUT2D eigenvalue weighted by Gasteiger charge is 2.21. The molecule has 0 aliphatic heterocycles. The third kappa shape index (κ3) is 3.97. The zero-order valence-electron chi connectivity index (χ0n) is 10.2. The van der Waals surface area contributed by atoms with Gasteiger partial charge in [0.25, 0.3) is 5.69 Å². The minimum atomic E-state index is -0.642. The van der Waals surface area contributed by atoms with Crippen LogP contribution in [0.1, 0.15) is 38.2 Å². The molecule has 4 nitrogen and oxygen atoms in total. The molecule has 0 fully saturated rings.